The van der Waals surface area contributed by atoms with Crippen LogP contribution < -0.4 is 9.47 Å². The van der Waals surface area contributed by atoms with Crippen LogP contribution in [0, 0.1) is 0 Å². The molecule has 0 bridgehead atoms. The van der Waals surface area contributed by atoms with Gasteiger partial charge in [-0.25, -0.2) is 4.98 Å². The number of carbonyl (C=O) groups is 1. The molecule has 0 amide bonds. The van der Waals surface area contributed by atoms with Crippen molar-refractivity contribution in [3.8, 4) is 22.8 Å². The average Bonchev–Trinajstić information content (AvgIpc) is 2.97. The number of pyridine rings is 1. The van der Waals surface area contributed by atoms with Crippen molar-refractivity contribution in [3.05, 3.63) is 83.9 Å². The number of benzene rings is 3. The molecule has 0 spiro atoms. The summed E-state index contributed by atoms with van der Waals surface area (Å²) in [5.41, 5.74) is 4.62. The first kappa shape index (κ1) is 26.5. The topological polar surface area (TPSA) is 85.6 Å². The summed E-state index contributed by atoms with van der Waals surface area (Å²) in [6, 6.07) is 22.9. The second-order valence-electron chi connectivity index (χ2n) is 9.24. The predicted molar refractivity (Wildman–Crippen MR) is 151 cm³/mol. The van der Waals surface area contributed by atoms with E-state index in [4.69, 9.17) is 19.2 Å². The standard InChI is InChI=1S/C31H32N4O4/c1-3-39-25-8-6-7-22(18-25)29-19-27(26-9-4-5-10-28(26)33-29)30(36)20-32-34-24-11-12-31(37-2)23(17-24)21-35-13-15-38-16-14-35/h4-12,17-19H,3,13-16,20-21H2,1-2H3. The number of azo groups is 1. The van der Waals surface area contributed by atoms with E-state index in [1.54, 1.807) is 7.11 Å². The van der Waals surface area contributed by atoms with Crippen molar-refractivity contribution in [3.63, 3.8) is 0 Å². The third-order valence-electron chi connectivity index (χ3n) is 6.62. The molecule has 3 aromatic carbocycles. The van der Waals surface area contributed by atoms with Gasteiger partial charge in [-0.1, -0.05) is 30.3 Å². The van der Waals surface area contributed by atoms with E-state index in [2.05, 4.69) is 15.1 Å². The molecule has 200 valence electrons. The minimum atomic E-state index is -0.124. The summed E-state index contributed by atoms with van der Waals surface area (Å²) in [6.07, 6.45) is 0. The number of morpholine rings is 1. The van der Waals surface area contributed by atoms with Crippen molar-refractivity contribution in [2.24, 2.45) is 10.2 Å². The molecule has 8 heteroatoms. The number of para-hydroxylation sites is 1. The number of carbonyl (C=O) groups excluding carboxylic acids is 1. The Bertz CT molecular complexity index is 1480. The minimum absolute atomic E-state index is 0.0722. The minimum Gasteiger partial charge on any atom is -0.496 e. The van der Waals surface area contributed by atoms with Crippen molar-refractivity contribution >= 4 is 22.4 Å². The van der Waals surface area contributed by atoms with E-state index >= 15 is 0 Å². The van der Waals surface area contributed by atoms with Gasteiger partial charge in [0.1, 0.15) is 18.0 Å². The number of nitrogens with zero attached hydrogens (tertiary/aromatic N) is 4. The fourth-order valence-electron chi connectivity index (χ4n) is 4.68. The summed E-state index contributed by atoms with van der Waals surface area (Å²) in [6.45, 7) is 6.40. The number of Topliss-reactive ketones (excluding diaryl/α,β-unsaturated/α-hetero) is 1. The van der Waals surface area contributed by atoms with Gasteiger partial charge in [0.2, 0.25) is 0 Å². The molecule has 1 fully saturated rings. The number of fused-ring (bicyclic) bond motifs is 1. The Kier molecular flexibility index (Phi) is 8.55. The molecular formula is C31H32N4O4. The lowest BCUT2D eigenvalue weighted by Gasteiger charge is -2.27. The summed E-state index contributed by atoms with van der Waals surface area (Å²) in [4.78, 5) is 20.5. The monoisotopic (exact) mass is 524 g/mol. The second-order valence-corrected chi connectivity index (χ2v) is 9.24. The van der Waals surface area contributed by atoms with Gasteiger partial charge in [0.05, 0.1) is 43.8 Å². The summed E-state index contributed by atoms with van der Waals surface area (Å²) < 4.78 is 16.7. The van der Waals surface area contributed by atoms with Crippen LogP contribution in [0.15, 0.2) is 83.0 Å². The molecule has 1 aromatic heterocycles. The molecule has 4 aromatic rings. The lowest BCUT2D eigenvalue weighted by atomic mass is 10.0. The Labute approximate surface area is 228 Å². The van der Waals surface area contributed by atoms with Crippen molar-refractivity contribution in [2.45, 2.75) is 13.5 Å². The largest absolute Gasteiger partial charge is 0.496 e. The summed E-state index contributed by atoms with van der Waals surface area (Å²) in [5.74, 6) is 1.45. The molecule has 0 N–H and O–H groups in total. The second kappa shape index (κ2) is 12.6. The van der Waals surface area contributed by atoms with Gasteiger partial charge in [-0.3, -0.25) is 9.69 Å². The molecular weight excluding hydrogens is 492 g/mol. The van der Waals surface area contributed by atoms with Crippen LogP contribution in [0.25, 0.3) is 22.2 Å². The Balaban J connectivity index is 1.37. The molecule has 0 unspecified atom stereocenters. The number of ketones is 1. The van der Waals surface area contributed by atoms with E-state index in [-0.39, 0.29) is 12.3 Å². The maximum absolute atomic E-state index is 13.4. The zero-order valence-corrected chi connectivity index (χ0v) is 22.3. The van der Waals surface area contributed by atoms with E-state index in [9.17, 15) is 4.79 Å². The normalized spacial score (nSPS) is 14.1. The first-order valence-electron chi connectivity index (χ1n) is 13.2. The zero-order valence-electron chi connectivity index (χ0n) is 22.3. The highest BCUT2D eigenvalue weighted by Crippen LogP contribution is 2.29. The van der Waals surface area contributed by atoms with Gasteiger partial charge >= 0.3 is 0 Å². The molecule has 39 heavy (non-hydrogen) atoms. The number of hydrogen-bond acceptors (Lipinski definition) is 8. The summed E-state index contributed by atoms with van der Waals surface area (Å²) >= 11 is 0. The highest BCUT2D eigenvalue weighted by Gasteiger charge is 2.16. The van der Waals surface area contributed by atoms with Crippen LogP contribution in [0.5, 0.6) is 11.5 Å². The first-order chi connectivity index (χ1) is 19.1. The van der Waals surface area contributed by atoms with Crippen molar-refractivity contribution < 1.29 is 19.0 Å². The van der Waals surface area contributed by atoms with Gasteiger partial charge in [-0.15, -0.1) is 0 Å². The van der Waals surface area contributed by atoms with E-state index in [0.29, 0.717) is 23.6 Å². The lowest BCUT2D eigenvalue weighted by molar-refractivity contribution is 0.0339. The third-order valence-corrected chi connectivity index (χ3v) is 6.62. The highest BCUT2D eigenvalue weighted by atomic mass is 16.5. The van der Waals surface area contributed by atoms with Gasteiger partial charge in [0, 0.05) is 41.7 Å². The maximum atomic E-state index is 13.4. The highest BCUT2D eigenvalue weighted by molar-refractivity contribution is 6.09. The lowest BCUT2D eigenvalue weighted by Crippen LogP contribution is -2.35. The van der Waals surface area contributed by atoms with Crippen LogP contribution >= 0.6 is 0 Å². The van der Waals surface area contributed by atoms with Crippen LogP contribution in [0.3, 0.4) is 0 Å². The third kappa shape index (κ3) is 6.47. The SMILES string of the molecule is CCOc1cccc(-c2cc(C(=O)CN=Nc3ccc(OC)c(CN4CCOCC4)c3)c3ccccc3n2)c1. The number of hydrogen-bond donors (Lipinski definition) is 0. The molecule has 0 saturated carbocycles. The first-order valence-corrected chi connectivity index (χ1v) is 13.2. The van der Waals surface area contributed by atoms with Crippen LogP contribution in [0.4, 0.5) is 5.69 Å². The Morgan fingerprint density at radius 3 is 2.69 bits per heavy atom. The predicted octanol–water partition coefficient (Wildman–Crippen LogP) is 6.11. The molecule has 8 nitrogen and oxygen atoms in total. The fourth-order valence-corrected chi connectivity index (χ4v) is 4.68. The van der Waals surface area contributed by atoms with Crippen LogP contribution in [-0.2, 0) is 11.3 Å². The Hall–Kier alpha value is -4.14. The Morgan fingerprint density at radius 2 is 1.87 bits per heavy atom. The fraction of sp³-hybridized carbons (Fsp3) is 0.290. The van der Waals surface area contributed by atoms with Crippen LogP contribution in [0.1, 0.15) is 22.8 Å². The van der Waals surface area contributed by atoms with E-state index in [0.717, 1.165) is 66.4 Å². The molecule has 0 radical (unpaired) electrons. The van der Waals surface area contributed by atoms with Gasteiger partial charge in [-0.2, -0.15) is 10.2 Å². The number of rotatable bonds is 10. The zero-order chi connectivity index (χ0) is 27.0. The smallest absolute Gasteiger partial charge is 0.186 e. The van der Waals surface area contributed by atoms with Crippen molar-refractivity contribution in [1.82, 2.24) is 9.88 Å². The Morgan fingerprint density at radius 1 is 1.03 bits per heavy atom. The van der Waals surface area contributed by atoms with Gasteiger partial charge in [0.15, 0.2) is 5.78 Å². The number of ether oxygens (including phenoxy) is 3. The van der Waals surface area contributed by atoms with Gasteiger partial charge in [-0.05, 0) is 49.4 Å². The van der Waals surface area contributed by atoms with E-state index in [1.165, 1.54) is 0 Å². The summed E-state index contributed by atoms with van der Waals surface area (Å²) in [7, 11) is 1.67. The molecule has 0 atom stereocenters. The molecule has 1 aliphatic rings. The number of aromatic nitrogens is 1. The van der Waals surface area contributed by atoms with Crippen molar-refractivity contribution in [1.29, 1.82) is 0 Å². The van der Waals surface area contributed by atoms with Crippen molar-refractivity contribution in [2.75, 3.05) is 46.6 Å². The van der Waals surface area contributed by atoms with E-state index < -0.39 is 0 Å². The quantitative estimate of drug-likeness (QED) is 0.184. The number of methoxy groups -OCH3 is 1. The van der Waals surface area contributed by atoms with Crippen LogP contribution in [0.2, 0.25) is 0 Å². The molecule has 0 aliphatic carbocycles. The maximum Gasteiger partial charge on any atom is 0.186 e. The summed E-state index contributed by atoms with van der Waals surface area (Å²) in [5, 5.41) is 9.43. The van der Waals surface area contributed by atoms with Gasteiger partial charge < -0.3 is 14.2 Å². The average molecular weight is 525 g/mol. The van der Waals surface area contributed by atoms with Crippen LogP contribution in [-0.4, -0.2) is 62.2 Å². The van der Waals surface area contributed by atoms with Gasteiger partial charge in [0.25, 0.3) is 0 Å². The molecule has 5 rings (SSSR count). The molecule has 2 heterocycles. The van der Waals surface area contributed by atoms with E-state index in [1.807, 2.05) is 79.7 Å². The molecule has 1 aliphatic heterocycles. The molecule has 1 saturated heterocycles.